The normalized spacial score (nSPS) is 15.2. The van der Waals surface area contributed by atoms with Crippen molar-refractivity contribution < 1.29 is 9.53 Å². The lowest BCUT2D eigenvalue weighted by Gasteiger charge is -2.26. The summed E-state index contributed by atoms with van der Waals surface area (Å²) in [6.45, 7) is 4.30. The molecule has 28 heavy (non-hydrogen) atoms. The van der Waals surface area contributed by atoms with Gasteiger partial charge in [0.15, 0.2) is 16.4 Å². The highest BCUT2D eigenvalue weighted by Crippen LogP contribution is 2.29. The third kappa shape index (κ3) is 4.18. The topological polar surface area (TPSA) is 79.7 Å². The molecule has 6 nitrogen and oxygen atoms in total. The quantitative estimate of drug-likeness (QED) is 0.314. The number of ether oxygens (including phenoxy) is 1. The molecule has 0 amide bonds. The summed E-state index contributed by atoms with van der Waals surface area (Å²) in [7, 11) is 1.54. The minimum Gasteiger partial charge on any atom is -0.496 e. The van der Waals surface area contributed by atoms with Crippen LogP contribution in [0.25, 0.3) is 0 Å². The summed E-state index contributed by atoms with van der Waals surface area (Å²) < 4.78 is 7.45. The molecule has 0 radical (unpaired) electrons. The lowest BCUT2D eigenvalue weighted by atomic mass is 9.85. The highest BCUT2D eigenvalue weighted by atomic mass is 35.5. The van der Waals surface area contributed by atoms with Gasteiger partial charge in [0.1, 0.15) is 5.75 Å². The Balaban J connectivity index is 2.17. The summed E-state index contributed by atoms with van der Waals surface area (Å²) in [5, 5.41) is 9.68. The van der Waals surface area contributed by atoms with E-state index in [9.17, 15) is 10.1 Å². The van der Waals surface area contributed by atoms with Gasteiger partial charge in [-0.2, -0.15) is 15.2 Å². The Morgan fingerprint density at radius 3 is 2.79 bits per heavy atom. The van der Waals surface area contributed by atoms with Crippen LogP contribution in [-0.4, -0.2) is 23.3 Å². The van der Waals surface area contributed by atoms with Gasteiger partial charge in [-0.05, 0) is 43.9 Å². The number of nitriles is 1. The Bertz CT molecular complexity index is 1040. The third-order valence-corrected chi connectivity index (χ3v) is 6.42. The summed E-state index contributed by atoms with van der Waals surface area (Å²) >= 11 is 7.46. The van der Waals surface area contributed by atoms with E-state index in [1.54, 1.807) is 25.1 Å². The molecule has 8 heteroatoms. The number of nitrogens with zero attached hydrogens (tertiary/aromatic N) is 4. The van der Waals surface area contributed by atoms with Crippen molar-refractivity contribution in [2.45, 2.75) is 39.7 Å². The van der Waals surface area contributed by atoms with Gasteiger partial charge in [-0.3, -0.25) is 4.79 Å². The maximum Gasteiger partial charge on any atom is 0.207 e. The number of rotatable bonds is 5. The SMILES string of the molecule is COc1ccc(Cl)cc1C(=NC#N)N=c1sc(C(C)=O)c(C)n1CC1CCC1. The van der Waals surface area contributed by atoms with Crippen LogP contribution in [-0.2, 0) is 6.54 Å². The van der Waals surface area contributed by atoms with E-state index in [1.165, 1.54) is 37.7 Å². The predicted octanol–water partition coefficient (Wildman–Crippen LogP) is 4.35. The zero-order chi connectivity index (χ0) is 20.3. The van der Waals surface area contributed by atoms with Gasteiger partial charge in [0.2, 0.25) is 6.19 Å². The van der Waals surface area contributed by atoms with Crippen LogP contribution in [0.2, 0.25) is 5.02 Å². The Labute approximate surface area is 172 Å². The van der Waals surface area contributed by atoms with Gasteiger partial charge in [-0.1, -0.05) is 29.4 Å². The molecule has 1 fully saturated rings. The van der Waals surface area contributed by atoms with Crippen molar-refractivity contribution in [1.29, 1.82) is 5.26 Å². The minimum absolute atomic E-state index is 0.00502. The number of carbonyl (C=O) groups is 1. The number of aromatic nitrogens is 1. The van der Waals surface area contributed by atoms with Gasteiger partial charge >= 0.3 is 0 Å². The molecule has 146 valence electrons. The number of hydrogen-bond acceptors (Lipinski definition) is 5. The molecule has 0 saturated heterocycles. The van der Waals surface area contributed by atoms with E-state index in [4.69, 9.17) is 16.3 Å². The zero-order valence-corrected chi connectivity index (χ0v) is 17.6. The van der Waals surface area contributed by atoms with Gasteiger partial charge in [0.05, 0.1) is 17.6 Å². The first-order valence-corrected chi connectivity index (χ1v) is 10.2. The lowest BCUT2D eigenvalue weighted by molar-refractivity contribution is 0.102. The van der Waals surface area contributed by atoms with Gasteiger partial charge in [0, 0.05) is 24.2 Å². The van der Waals surface area contributed by atoms with Crippen molar-refractivity contribution in [3.63, 3.8) is 0 Å². The summed E-state index contributed by atoms with van der Waals surface area (Å²) in [4.78, 5) is 21.9. The van der Waals surface area contributed by atoms with Gasteiger partial charge in [-0.15, -0.1) is 0 Å². The molecule has 1 aliphatic carbocycles. The molecule has 0 spiro atoms. The third-order valence-electron chi connectivity index (χ3n) is 4.90. The predicted molar refractivity (Wildman–Crippen MR) is 110 cm³/mol. The van der Waals surface area contributed by atoms with E-state index in [0.717, 1.165) is 12.2 Å². The fourth-order valence-corrected chi connectivity index (χ4v) is 4.39. The number of halogens is 1. The van der Waals surface area contributed by atoms with Crippen molar-refractivity contribution >= 4 is 34.6 Å². The van der Waals surface area contributed by atoms with Crippen LogP contribution in [0.5, 0.6) is 5.75 Å². The second kappa shape index (κ2) is 8.72. The van der Waals surface area contributed by atoms with Crippen molar-refractivity contribution in [2.75, 3.05) is 7.11 Å². The number of carbonyl (C=O) groups excluding carboxylic acids is 1. The van der Waals surface area contributed by atoms with Crippen LogP contribution >= 0.6 is 22.9 Å². The number of methoxy groups -OCH3 is 1. The number of Topliss-reactive ketones (excluding diaryl/α,β-unsaturated/α-hetero) is 1. The number of benzene rings is 1. The fraction of sp³-hybridized carbons (Fsp3) is 0.400. The molecule has 1 saturated carbocycles. The monoisotopic (exact) mass is 416 g/mol. The average Bonchev–Trinajstić information content (AvgIpc) is 2.93. The average molecular weight is 417 g/mol. The second-order valence-corrected chi connectivity index (χ2v) is 8.17. The van der Waals surface area contributed by atoms with Gasteiger partial charge in [-0.25, -0.2) is 0 Å². The molecule has 0 aliphatic heterocycles. The summed E-state index contributed by atoms with van der Waals surface area (Å²) in [6.07, 6.45) is 5.40. The van der Waals surface area contributed by atoms with Crippen LogP contribution in [0.15, 0.2) is 28.2 Å². The van der Waals surface area contributed by atoms with Crippen molar-refractivity contribution in [1.82, 2.24) is 4.57 Å². The molecule has 0 bridgehead atoms. The Hall–Kier alpha value is -2.43. The van der Waals surface area contributed by atoms with E-state index in [1.807, 2.05) is 13.1 Å². The number of amidine groups is 1. The van der Waals surface area contributed by atoms with Crippen molar-refractivity contribution in [2.24, 2.45) is 15.9 Å². The van der Waals surface area contributed by atoms with Crippen LogP contribution in [0.4, 0.5) is 0 Å². The van der Waals surface area contributed by atoms with Crippen molar-refractivity contribution in [3.05, 3.63) is 44.2 Å². The number of aliphatic imine (C=N–C) groups is 1. The Kier molecular flexibility index (Phi) is 6.32. The first kappa shape index (κ1) is 20.3. The molecular formula is C20H21ClN4O2S. The molecule has 0 N–H and O–H groups in total. The van der Waals surface area contributed by atoms with Crippen molar-refractivity contribution in [3.8, 4) is 11.9 Å². The Morgan fingerprint density at radius 1 is 1.46 bits per heavy atom. The number of thiazole rings is 1. The maximum atomic E-state index is 12.1. The van der Waals surface area contributed by atoms with Gasteiger partial charge < -0.3 is 9.30 Å². The molecule has 2 aromatic rings. The highest BCUT2D eigenvalue weighted by molar-refractivity contribution is 7.11. The molecule has 1 heterocycles. The smallest absolute Gasteiger partial charge is 0.207 e. The van der Waals surface area contributed by atoms with Crippen LogP contribution in [0, 0.1) is 24.3 Å². The van der Waals surface area contributed by atoms with Crippen LogP contribution in [0.1, 0.15) is 47.1 Å². The number of ketones is 1. The fourth-order valence-electron chi connectivity index (χ4n) is 3.18. The molecule has 3 rings (SSSR count). The second-order valence-electron chi connectivity index (χ2n) is 6.75. The summed E-state index contributed by atoms with van der Waals surface area (Å²) in [6, 6.07) is 5.08. The van der Waals surface area contributed by atoms with Crippen LogP contribution < -0.4 is 9.54 Å². The van der Waals surface area contributed by atoms with E-state index in [2.05, 4.69) is 14.6 Å². The van der Waals surface area contributed by atoms with E-state index < -0.39 is 0 Å². The first-order valence-electron chi connectivity index (χ1n) is 9.01. The maximum absolute atomic E-state index is 12.1. The largest absolute Gasteiger partial charge is 0.496 e. The molecule has 0 unspecified atom stereocenters. The van der Waals surface area contributed by atoms with Crippen LogP contribution in [0.3, 0.4) is 0 Å². The molecule has 1 aromatic carbocycles. The van der Waals surface area contributed by atoms with Gasteiger partial charge in [0.25, 0.3) is 0 Å². The van der Waals surface area contributed by atoms with E-state index >= 15 is 0 Å². The minimum atomic E-state index is 0.00502. The summed E-state index contributed by atoms with van der Waals surface area (Å²) in [5.41, 5.74) is 1.43. The Morgan fingerprint density at radius 2 is 2.21 bits per heavy atom. The first-order chi connectivity index (χ1) is 13.4. The molecule has 1 aliphatic rings. The highest BCUT2D eigenvalue weighted by Gasteiger charge is 2.22. The number of hydrogen-bond donors (Lipinski definition) is 0. The van der Waals surface area contributed by atoms with E-state index in [-0.39, 0.29) is 11.6 Å². The zero-order valence-electron chi connectivity index (χ0n) is 16.0. The molecule has 1 aromatic heterocycles. The standard InChI is InChI=1S/C20H21ClN4O2S/c1-12-18(13(2)26)28-20(25(12)10-14-5-4-6-14)24-19(23-11-22)16-9-15(21)7-8-17(16)27-3/h7-9,14H,4-6,10H2,1-3H3. The van der Waals surface area contributed by atoms with E-state index in [0.29, 0.717) is 31.9 Å². The molecular weight excluding hydrogens is 396 g/mol. The molecule has 0 atom stereocenters. The summed E-state index contributed by atoms with van der Waals surface area (Å²) in [5.74, 6) is 1.32. The lowest BCUT2D eigenvalue weighted by Crippen LogP contribution is -2.26.